The minimum Gasteiger partial charge on any atom is -0.504 e. The van der Waals surface area contributed by atoms with Gasteiger partial charge in [0.05, 0.1) is 6.61 Å². The van der Waals surface area contributed by atoms with E-state index in [0.717, 1.165) is 36.7 Å². The molecule has 5 heteroatoms. The van der Waals surface area contributed by atoms with E-state index in [1.54, 1.807) is 6.07 Å². The Morgan fingerprint density at radius 1 is 1.32 bits per heavy atom. The Bertz CT molecular complexity index is 457. The number of rotatable bonds is 3. The largest absolute Gasteiger partial charge is 0.504 e. The first-order chi connectivity index (χ1) is 9.11. The number of aromatic hydroxyl groups is 1. The molecule has 1 aromatic rings. The summed E-state index contributed by atoms with van der Waals surface area (Å²) in [5, 5.41) is 9.70. The van der Waals surface area contributed by atoms with E-state index in [4.69, 9.17) is 17.0 Å². The van der Waals surface area contributed by atoms with E-state index in [2.05, 4.69) is 16.8 Å². The first kappa shape index (κ1) is 14.1. The Hall–Kier alpha value is -1.33. The number of thiocarbonyl (C=S) groups is 1. The monoisotopic (exact) mass is 280 g/mol. The van der Waals surface area contributed by atoms with Gasteiger partial charge >= 0.3 is 0 Å². The second-order valence-corrected chi connectivity index (χ2v) is 5.10. The fraction of sp³-hybridized carbons (Fsp3) is 0.500. The summed E-state index contributed by atoms with van der Waals surface area (Å²) < 4.78 is 5.40. The number of hydrogen-bond acceptors (Lipinski definition) is 4. The van der Waals surface area contributed by atoms with Gasteiger partial charge < -0.3 is 19.6 Å². The Morgan fingerprint density at radius 2 is 2.00 bits per heavy atom. The van der Waals surface area contributed by atoms with E-state index in [-0.39, 0.29) is 5.75 Å². The molecule has 4 nitrogen and oxygen atoms in total. The van der Waals surface area contributed by atoms with Crippen LogP contribution in [0.4, 0.5) is 0 Å². The molecule has 0 radical (unpaired) electrons. The molecule has 19 heavy (non-hydrogen) atoms. The number of benzene rings is 1. The van der Waals surface area contributed by atoms with E-state index in [9.17, 15) is 5.11 Å². The smallest absolute Gasteiger partial charge is 0.161 e. The minimum absolute atomic E-state index is 0.159. The van der Waals surface area contributed by atoms with Crippen LogP contribution in [0.1, 0.15) is 12.5 Å². The molecule has 1 heterocycles. The van der Waals surface area contributed by atoms with Gasteiger partial charge in [-0.05, 0) is 32.2 Å². The molecule has 0 unspecified atom stereocenters. The lowest BCUT2D eigenvalue weighted by Crippen LogP contribution is -2.46. The zero-order chi connectivity index (χ0) is 13.8. The van der Waals surface area contributed by atoms with Gasteiger partial charge in [0.1, 0.15) is 4.99 Å². The van der Waals surface area contributed by atoms with Crippen LogP contribution in [-0.4, -0.2) is 59.7 Å². The third-order valence-electron chi connectivity index (χ3n) is 3.30. The second-order valence-electron chi connectivity index (χ2n) is 4.71. The maximum Gasteiger partial charge on any atom is 0.161 e. The topological polar surface area (TPSA) is 35.9 Å². The summed E-state index contributed by atoms with van der Waals surface area (Å²) in [6.45, 7) is 6.36. The zero-order valence-corrected chi connectivity index (χ0v) is 12.2. The molecular weight excluding hydrogens is 260 g/mol. The summed E-state index contributed by atoms with van der Waals surface area (Å²) in [6.07, 6.45) is 0. The van der Waals surface area contributed by atoms with Crippen LogP contribution >= 0.6 is 12.2 Å². The van der Waals surface area contributed by atoms with Crippen LogP contribution < -0.4 is 4.74 Å². The number of hydrogen-bond donors (Lipinski definition) is 1. The molecule has 1 saturated heterocycles. The van der Waals surface area contributed by atoms with Gasteiger partial charge in [-0.15, -0.1) is 0 Å². The van der Waals surface area contributed by atoms with Gasteiger partial charge in [-0.2, -0.15) is 0 Å². The number of likely N-dealkylation sites (N-methyl/N-ethyl adjacent to an activating group) is 1. The van der Waals surface area contributed by atoms with Crippen LogP contribution in [0.2, 0.25) is 0 Å². The summed E-state index contributed by atoms with van der Waals surface area (Å²) in [5.41, 5.74) is 0.931. The summed E-state index contributed by atoms with van der Waals surface area (Å²) in [7, 11) is 2.12. The molecule has 104 valence electrons. The highest BCUT2D eigenvalue weighted by atomic mass is 32.1. The standard InChI is InChI=1S/C14H20N2O2S/c1-3-18-13-10-11(4-5-12(13)17)14(19)16-8-6-15(2)7-9-16/h4-5,10,17H,3,6-9H2,1-2H3. The minimum atomic E-state index is 0.159. The van der Waals surface area contributed by atoms with Gasteiger partial charge in [-0.3, -0.25) is 0 Å². The Kier molecular flexibility index (Phi) is 4.61. The van der Waals surface area contributed by atoms with E-state index < -0.39 is 0 Å². The average molecular weight is 280 g/mol. The van der Waals surface area contributed by atoms with E-state index in [1.165, 1.54) is 0 Å². The van der Waals surface area contributed by atoms with Gasteiger partial charge in [0.15, 0.2) is 11.5 Å². The van der Waals surface area contributed by atoms with Gasteiger partial charge in [-0.1, -0.05) is 12.2 Å². The normalized spacial score (nSPS) is 16.4. The summed E-state index contributed by atoms with van der Waals surface area (Å²) in [4.78, 5) is 5.33. The fourth-order valence-electron chi connectivity index (χ4n) is 2.11. The lowest BCUT2D eigenvalue weighted by molar-refractivity contribution is 0.218. The Morgan fingerprint density at radius 3 is 2.63 bits per heavy atom. The predicted molar refractivity (Wildman–Crippen MR) is 80.0 cm³/mol. The number of phenolic OH excluding ortho intramolecular Hbond substituents is 1. The maximum atomic E-state index is 9.70. The molecule has 0 aliphatic carbocycles. The van der Waals surface area contributed by atoms with Gasteiger partial charge in [0.2, 0.25) is 0 Å². The van der Waals surface area contributed by atoms with Gasteiger partial charge in [-0.25, -0.2) is 0 Å². The molecule has 0 saturated carbocycles. The first-order valence-corrected chi connectivity index (χ1v) is 6.96. The second kappa shape index (κ2) is 6.21. The molecule has 1 aliphatic heterocycles. The molecule has 0 bridgehead atoms. The molecule has 1 fully saturated rings. The highest BCUT2D eigenvalue weighted by molar-refractivity contribution is 7.80. The Labute approximate surface area is 119 Å². The van der Waals surface area contributed by atoms with Crippen LogP contribution in [0.5, 0.6) is 11.5 Å². The maximum absolute atomic E-state index is 9.70. The molecule has 0 amide bonds. The van der Waals surface area contributed by atoms with Crippen molar-refractivity contribution < 1.29 is 9.84 Å². The quantitative estimate of drug-likeness (QED) is 0.853. The Balaban J connectivity index is 2.12. The van der Waals surface area contributed by atoms with Crippen LogP contribution in [0, 0.1) is 0 Å². The zero-order valence-electron chi connectivity index (χ0n) is 11.4. The van der Waals surface area contributed by atoms with Crippen LogP contribution in [0.15, 0.2) is 18.2 Å². The highest BCUT2D eigenvalue weighted by Crippen LogP contribution is 2.27. The molecule has 2 rings (SSSR count). The van der Waals surface area contributed by atoms with E-state index in [0.29, 0.717) is 12.4 Å². The van der Waals surface area contributed by atoms with Crippen molar-refractivity contribution in [2.75, 3.05) is 39.8 Å². The van der Waals surface area contributed by atoms with Crippen molar-refractivity contribution in [1.29, 1.82) is 0 Å². The highest BCUT2D eigenvalue weighted by Gasteiger charge is 2.18. The molecular formula is C14H20N2O2S. The van der Waals surface area contributed by atoms with Crippen molar-refractivity contribution >= 4 is 17.2 Å². The summed E-state index contributed by atoms with van der Waals surface area (Å²) >= 11 is 5.54. The third-order valence-corrected chi connectivity index (χ3v) is 3.79. The fourth-order valence-corrected chi connectivity index (χ4v) is 2.42. The van der Waals surface area contributed by atoms with Crippen molar-refractivity contribution in [3.05, 3.63) is 23.8 Å². The van der Waals surface area contributed by atoms with Crippen molar-refractivity contribution in [3.63, 3.8) is 0 Å². The van der Waals surface area contributed by atoms with E-state index in [1.807, 2.05) is 19.1 Å². The molecule has 0 atom stereocenters. The van der Waals surface area contributed by atoms with Crippen molar-refractivity contribution in [3.8, 4) is 11.5 Å². The van der Waals surface area contributed by atoms with Crippen molar-refractivity contribution in [1.82, 2.24) is 9.80 Å². The van der Waals surface area contributed by atoms with Crippen LogP contribution in [0.25, 0.3) is 0 Å². The number of phenols is 1. The van der Waals surface area contributed by atoms with Gasteiger partial charge in [0, 0.05) is 31.7 Å². The molecule has 1 aliphatic rings. The first-order valence-electron chi connectivity index (χ1n) is 6.55. The van der Waals surface area contributed by atoms with Crippen LogP contribution in [-0.2, 0) is 0 Å². The molecule has 1 N–H and O–H groups in total. The SMILES string of the molecule is CCOc1cc(C(=S)N2CCN(C)CC2)ccc1O. The number of ether oxygens (including phenoxy) is 1. The van der Waals surface area contributed by atoms with Gasteiger partial charge in [0.25, 0.3) is 0 Å². The van der Waals surface area contributed by atoms with Crippen molar-refractivity contribution in [2.45, 2.75) is 6.92 Å². The van der Waals surface area contributed by atoms with E-state index >= 15 is 0 Å². The summed E-state index contributed by atoms with van der Waals surface area (Å²) in [6, 6.07) is 5.31. The van der Waals surface area contributed by atoms with Crippen molar-refractivity contribution in [2.24, 2.45) is 0 Å². The lowest BCUT2D eigenvalue weighted by atomic mass is 10.1. The lowest BCUT2D eigenvalue weighted by Gasteiger charge is -2.34. The average Bonchev–Trinajstić information content (AvgIpc) is 2.41. The summed E-state index contributed by atoms with van der Waals surface area (Å²) in [5.74, 6) is 0.656. The molecule has 0 spiro atoms. The third kappa shape index (κ3) is 3.36. The molecule has 0 aromatic heterocycles. The number of nitrogens with zero attached hydrogens (tertiary/aromatic N) is 2. The number of piperazine rings is 1. The van der Waals surface area contributed by atoms with Crippen LogP contribution in [0.3, 0.4) is 0 Å². The predicted octanol–water partition coefficient (Wildman–Crippen LogP) is 1.71. The molecule has 1 aromatic carbocycles.